The van der Waals surface area contributed by atoms with Crippen LogP contribution in [0.25, 0.3) is 0 Å². The molecule has 2 atom stereocenters. The van der Waals surface area contributed by atoms with Crippen molar-refractivity contribution in [3.05, 3.63) is 23.8 Å². The van der Waals surface area contributed by atoms with Crippen molar-refractivity contribution < 1.29 is 19.2 Å². The van der Waals surface area contributed by atoms with E-state index >= 15 is 0 Å². The Morgan fingerprint density at radius 1 is 0.743 bits per heavy atom. The summed E-state index contributed by atoms with van der Waals surface area (Å²) in [6.07, 6.45) is 8.34. The van der Waals surface area contributed by atoms with Gasteiger partial charge < -0.3 is 31.9 Å². The minimum atomic E-state index is -0.681. The Balaban J connectivity index is 1.48. The van der Waals surface area contributed by atoms with Gasteiger partial charge in [-0.25, -0.2) is 9.59 Å². The van der Waals surface area contributed by atoms with Crippen LogP contribution in [0.5, 0.6) is 0 Å². The minimum Gasteiger partial charge on any atom is -0.352 e. The smallest absolute Gasteiger partial charge is 0.319 e. The monoisotopic (exact) mass is 486 g/mol. The van der Waals surface area contributed by atoms with Crippen LogP contribution in [-0.4, -0.2) is 48.0 Å². The fraction of sp³-hybridized carbons (Fsp3) is 0.600. The number of hydrogen-bond acceptors (Lipinski definition) is 4. The van der Waals surface area contributed by atoms with Gasteiger partial charge in [-0.3, -0.25) is 9.59 Å². The molecule has 192 valence electrons. The average Bonchev–Trinajstić information content (AvgIpc) is 3.50. The van der Waals surface area contributed by atoms with E-state index in [4.69, 9.17) is 0 Å². The molecule has 2 aliphatic rings. The van der Waals surface area contributed by atoms with Crippen molar-refractivity contribution in [3.8, 4) is 0 Å². The highest BCUT2D eigenvalue weighted by Crippen LogP contribution is 2.21. The number of urea groups is 2. The first-order valence-corrected chi connectivity index (χ1v) is 12.6. The van der Waals surface area contributed by atoms with Crippen molar-refractivity contribution >= 4 is 35.3 Å². The van der Waals surface area contributed by atoms with Crippen LogP contribution in [-0.2, 0) is 9.59 Å². The topological polar surface area (TPSA) is 140 Å². The Morgan fingerprint density at radius 2 is 1.20 bits per heavy atom. The highest BCUT2D eigenvalue weighted by atomic mass is 16.2. The van der Waals surface area contributed by atoms with Crippen molar-refractivity contribution in [2.45, 2.75) is 96.3 Å². The molecule has 0 aromatic heterocycles. The summed E-state index contributed by atoms with van der Waals surface area (Å²) in [5.74, 6) is -0.414. The van der Waals surface area contributed by atoms with Crippen LogP contribution in [0.1, 0.15) is 70.8 Å². The van der Waals surface area contributed by atoms with Gasteiger partial charge in [0.15, 0.2) is 0 Å². The maximum Gasteiger partial charge on any atom is 0.319 e. The molecule has 10 nitrogen and oxygen atoms in total. The van der Waals surface area contributed by atoms with E-state index < -0.39 is 24.1 Å². The first kappa shape index (κ1) is 26.3. The highest BCUT2D eigenvalue weighted by molar-refractivity contribution is 5.96. The Morgan fingerprint density at radius 3 is 1.69 bits per heavy atom. The zero-order chi connectivity index (χ0) is 25.4. The van der Waals surface area contributed by atoms with Gasteiger partial charge in [-0.15, -0.1) is 0 Å². The third-order valence-electron chi connectivity index (χ3n) is 6.63. The molecule has 35 heavy (non-hydrogen) atoms. The van der Waals surface area contributed by atoms with Crippen molar-refractivity contribution in [2.24, 2.45) is 0 Å². The van der Waals surface area contributed by atoms with Crippen LogP contribution in [0, 0.1) is 6.92 Å². The standard InChI is InChI=1S/C25H38N6O4/c1-15-12-13-20(30-24(34)26-16(2)22(32)28-18-8-4-5-9-18)14-21(15)31-25(35)27-17(3)23(33)29-19-10-6-7-11-19/h12-14,16-19H,4-11H2,1-3H3,(H,28,32)(H,29,33)(H2,26,30,34)(H2,27,31,35)/t16-,17-/m0/s1. The second-order valence-corrected chi connectivity index (χ2v) is 9.65. The number of carbonyl (C=O) groups is 4. The lowest BCUT2D eigenvalue weighted by atomic mass is 10.2. The fourth-order valence-corrected chi connectivity index (χ4v) is 4.48. The summed E-state index contributed by atoms with van der Waals surface area (Å²) in [4.78, 5) is 49.5. The van der Waals surface area contributed by atoms with E-state index in [1.165, 1.54) is 0 Å². The van der Waals surface area contributed by atoms with Gasteiger partial charge in [0.25, 0.3) is 0 Å². The predicted octanol–water partition coefficient (Wildman–Crippen LogP) is 3.13. The van der Waals surface area contributed by atoms with Gasteiger partial charge in [-0.1, -0.05) is 31.7 Å². The van der Waals surface area contributed by atoms with Crippen molar-refractivity contribution in [2.75, 3.05) is 10.6 Å². The Hall–Kier alpha value is -3.30. The lowest BCUT2D eigenvalue weighted by Gasteiger charge is -2.19. The van der Waals surface area contributed by atoms with E-state index in [-0.39, 0.29) is 23.9 Å². The molecule has 1 aromatic rings. The zero-order valence-electron chi connectivity index (χ0n) is 20.8. The average molecular weight is 487 g/mol. The van der Waals surface area contributed by atoms with Gasteiger partial charge in [-0.05, 0) is 64.2 Å². The number of benzene rings is 1. The molecule has 2 saturated carbocycles. The lowest BCUT2D eigenvalue weighted by molar-refractivity contribution is -0.123. The van der Waals surface area contributed by atoms with Gasteiger partial charge in [0.1, 0.15) is 12.1 Å². The van der Waals surface area contributed by atoms with E-state index in [0.29, 0.717) is 11.4 Å². The fourth-order valence-electron chi connectivity index (χ4n) is 4.48. The van der Waals surface area contributed by atoms with Crippen LogP contribution in [0.4, 0.5) is 21.0 Å². The Kier molecular flexibility index (Phi) is 9.33. The molecule has 1 aromatic carbocycles. The molecule has 10 heteroatoms. The number of aryl methyl sites for hydroxylation is 1. The molecule has 0 unspecified atom stereocenters. The van der Waals surface area contributed by atoms with Crippen LogP contribution in [0.2, 0.25) is 0 Å². The molecule has 0 aliphatic heterocycles. The predicted molar refractivity (Wildman–Crippen MR) is 135 cm³/mol. The SMILES string of the molecule is Cc1ccc(NC(=O)N[C@@H](C)C(=O)NC2CCCC2)cc1NC(=O)N[C@@H](C)C(=O)NC1CCCC1. The third kappa shape index (κ3) is 8.15. The number of rotatable bonds is 8. The summed E-state index contributed by atoms with van der Waals surface area (Å²) >= 11 is 0. The highest BCUT2D eigenvalue weighted by Gasteiger charge is 2.23. The maximum absolute atomic E-state index is 12.5. The van der Waals surface area contributed by atoms with Gasteiger partial charge in [0.2, 0.25) is 11.8 Å². The molecule has 2 fully saturated rings. The molecular formula is C25H38N6O4. The van der Waals surface area contributed by atoms with E-state index in [9.17, 15) is 19.2 Å². The number of anilines is 2. The van der Waals surface area contributed by atoms with E-state index in [0.717, 1.165) is 56.9 Å². The maximum atomic E-state index is 12.5. The quantitative estimate of drug-likeness (QED) is 0.336. The molecule has 6 amide bonds. The molecule has 0 heterocycles. The van der Waals surface area contributed by atoms with E-state index in [1.807, 2.05) is 6.92 Å². The van der Waals surface area contributed by atoms with Crippen molar-refractivity contribution in [1.82, 2.24) is 21.3 Å². The largest absolute Gasteiger partial charge is 0.352 e. The van der Waals surface area contributed by atoms with Crippen molar-refractivity contribution in [3.63, 3.8) is 0 Å². The van der Waals surface area contributed by atoms with Gasteiger partial charge in [0.05, 0.1) is 0 Å². The summed E-state index contributed by atoms with van der Waals surface area (Å²) in [5, 5.41) is 16.7. The second-order valence-electron chi connectivity index (χ2n) is 9.65. The lowest BCUT2D eigenvalue weighted by Crippen LogP contribution is -2.48. The number of nitrogens with one attached hydrogen (secondary N) is 6. The molecule has 0 spiro atoms. The minimum absolute atomic E-state index is 0.183. The third-order valence-corrected chi connectivity index (χ3v) is 6.63. The summed E-state index contributed by atoms with van der Waals surface area (Å²) in [6, 6.07) is 3.07. The second kappa shape index (κ2) is 12.4. The molecule has 0 bridgehead atoms. The Labute approximate surface area is 206 Å². The van der Waals surface area contributed by atoms with Gasteiger partial charge in [-0.2, -0.15) is 0 Å². The molecular weight excluding hydrogens is 448 g/mol. The number of amides is 6. The van der Waals surface area contributed by atoms with Crippen LogP contribution < -0.4 is 31.9 Å². The Bertz CT molecular complexity index is 925. The van der Waals surface area contributed by atoms with E-state index in [2.05, 4.69) is 31.9 Å². The molecule has 0 saturated heterocycles. The van der Waals surface area contributed by atoms with Crippen LogP contribution in [0.3, 0.4) is 0 Å². The molecule has 2 aliphatic carbocycles. The molecule has 6 N–H and O–H groups in total. The first-order chi connectivity index (χ1) is 16.7. The summed E-state index contributed by atoms with van der Waals surface area (Å²) in [6.45, 7) is 5.11. The normalized spacial score (nSPS) is 17.8. The van der Waals surface area contributed by atoms with Crippen molar-refractivity contribution in [1.29, 1.82) is 0 Å². The van der Waals surface area contributed by atoms with Gasteiger partial charge >= 0.3 is 12.1 Å². The van der Waals surface area contributed by atoms with E-state index in [1.54, 1.807) is 32.0 Å². The molecule has 3 rings (SSSR count). The first-order valence-electron chi connectivity index (χ1n) is 12.6. The number of hydrogen-bond donors (Lipinski definition) is 6. The van der Waals surface area contributed by atoms with Crippen LogP contribution >= 0.6 is 0 Å². The zero-order valence-corrected chi connectivity index (χ0v) is 20.8. The van der Waals surface area contributed by atoms with Gasteiger partial charge in [0, 0.05) is 23.5 Å². The summed E-state index contributed by atoms with van der Waals surface area (Å²) in [7, 11) is 0. The molecule has 0 radical (unpaired) electrons. The summed E-state index contributed by atoms with van der Waals surface area (Å²) in [5.41, 5.74) is 1.74. The van der Waals surface area contributed by atoms with Crippen LogP contribution in [0.15, 0.2) is 18.2 Å². The number of carbonyl (C=O) groups excluding carboxylic acids is 4. The summed E-state index contributed by atoms with van der Waals surface area (Å²) < 4.78 is 0.